The lowest BCUT2D eigenvalue weighted by atomic mass is 9.98. The first kappa shape index (κ1) is 11.4. The molecule has 0 aromatic heterocycles. The molecule has 1 fully saturated rings. The smallest absolute Gasteiger partial charge is 0.228 e. The van der Waals surface area contributed by atoms with Gasteiger partial charge in [0.05, 0.1) is 6.42 Å². The Labute approximate surface area is 105 Å². The van der Waals surface area contributed by atoms with Gasteiger partial charge < -0.3 is 10.1 Å². The van der Waals surface area contributed by atoms with Crippen LogP contribution in [0.25, 0.3) is 0 Å². The van der Waals surface area contributed by atoms with Gasteiger partial charge in [-0.25, -0.2) is 0 Å². The summed E-state index contributed by atoms with van der Waals surface area (Å²) in [6, 6.07) is 5.38. The maximum absolute atomic E-state index is 12.3. The second kappa shape index (κ2) is 4.53. The molecule has 2 heterocycles. The Hall–Kier alpha value is -1.68. The summed E-state index contributed by atoms with van der Waals surface area (Å²) in [5.74, 6) is 0.0281. The predicted molar refractivity (Wildman–Crippen MR) is 66.7 cm³/mol. The van der Waals surface area contributed by atoms with E-state index < -0.39 is 0 Å². The summed E-state index contributed by atoms with van der Waals surface area (Å²) >= 11 is 0. The Balaban J connectivity index is 1.82. The van der Waals surface area contributed by atoms with Gasteiger partial charge in [-0.15, -0.1) is 0 Å². The molecule has 94 valence electrons. The molecule has 4 nitrogen and oxygen atoms in total. The van der Waals surface area contributed by atoms with Gasteiger partial charge in [-0.1, -0.05) is 0 Å². The Morgan fingerprint density at radius 3 is 3.00 bits per heavy atom. The van der Waals surface area contributed by atoms with Crippen molar-refractivity contribution in [2.75, 3.05) is 11.9 Å². The minimum Gasteiger partial charge on any atom is -0.370 e. The van der Waals surface area contributed by atoms with Crippen LogP contribution in [0, 0.1) is 0 Å². The van der Waals surface area contributed by atoms with Crippen molar-refractivity contribution < 1.29 is 14.3 Å². The summed E-state index contributed by atoms with van der Waals surface area (Å²) in [5, 5.41) is 2.76. The molecule has 1 saturated heterocycles. The Bertz CT molecular complexity index is 504. The van der Waals surface area contributed by atoms with Gasteiger partial charge in [-0.2, -0.15) is 0 Å². The number of Topliss-reactive ketones (excluding diaryl/α,β-unsaturated/α-hetero) is 1. The number of fused-ring (bicyclic) bond motifs is 1. The minimum atomic E-state index is -0.304. The summed E-state index contributed by atoms with van der Waals surface area (Å²) in [6.07, 6.45) is 2.94. The number of carbonyl (C=O) groups excluding carboxylic acids is 2. The molecule has 3 rings (SSSR count). The largest absolute Gasteiger partial charge is 0.370 e. The molecule has 1 amide bonds. The molecule has 1 atom stereocenters. The van der Waals surface area contributed by atoms with E-state index in [1.807, 2.05) is 6.07 Å². The maximum Gasteiger partial charge on any atom is 0.228 e. The Morgan fingerprint density at radius 1 is 1.33 bits per heavy atom. The number of ether oxygens (including phenoxy) is 1. The number of amides is 1. The van der Waals surface area contributed by atoms with Crippen molar-refractivity contribution in [3.05, 3.63) is 29.3 Å². The average molecular weight is 245 g/mol. The second-order valence-corrected chi connectivity index (χ2v) is 4.82. The van der Waals surface area contributed by atoms with Crippen molar-refractivity contribution >= 4 is 17.4 Å². The fourth-order valence-electron chi connectivity index (χ4n) is 2.52. The summed E-state index contributed by atoms with van der Waals surface area (Å²) < 4.78 is 5.50. The zero-order chi connectivity index (χ0) is 12.5. The van der Waals surface area contributed by atoms with Gasteiger partial charge >= 0.3 is 0 Å². The molecule has 0 radical (unpaired) electrons. The first-order valence-electron chi connectivity index (χ1n) is 6.32. The number of benzene rings is 1. The van der Waals surface area contributed by atoms with E-state index in [0.717, 1.165) is 30.5 Å². The van der Waals surface area contributed by atoms with Crippen molar-refractivity contribution in [3.8, 4) is 0 Å². The molecule has 0 saturated carbocycles. The molecule has 1 aromatic rings. The van der Waals surface area contributed by atoms with Crippen LogP contribution in [0.15, 0.2) is 18.2 Å². The third kappa shape index (κ3) is 2.04. The highest BCUT2D eigenvalue weighted by Crippen LogP contribution is 2.25. The normalized spacial score (nSPS) is 22.4. The van der Waals surface area contributed by atoms with E-state index >= 15 is 0 Å². The maximum atomic E-state index is 12.3. The SMILES string of the molecule is O=C1Cc2cc(C(=O)C3CCCCO3)ccc2N1. The predicted octanol–water partition coefficient (Wildman–Crippen LogP) is 1.93. The van der Waals surface area contributed by atoms with E-state index in [1.54, 1.807) is 12.1 Å². The number of nitrogens with one attached hydrogen (secondary N) is 1. The number of rotatable bonds is 2. The van der Waals surface area contributed by atoms with E-state index in [1.165, 1.54) is 0 Å². The Morgan fingerprint density at radius 2 is 2.22 bits per heavy atom. The van der Waals surface area contributed by atoms with E-state index in [9.17, 15) is 9.59 Å². The average Bonchev–Trinajstić information content (AvgIpc) is 2.78. The molecule has 0 aliphatic carbocycles. The van der Waals surface area contributed by atoms with Crippen LogP contribution in [0.5, 0.6) is 0 Å². The number of ketones is 1. The monoisotopic (exact) mass is 245 g/mol. The van der Waals surface area contributed by atoms with Gasteiger partial charge in [-0.05, 0) is 43.0 Å². The molecule has 0 bridgehead atoms. The molecule has 1 aromatic carbocycles. The Kier molecular flexibility index (Phi) is 2.88. The van der Waals surface area contributed by atoms with E-state index in [0.29, 0.717) is 18.6 Å². The number of hydrogen-bond acceptors (Lipinski definition) is 3. The molecule has 2 aliphatic rings. The summed E-state index contributed by atoms with van der Waals surface area (Å²) in [7, 11) is 0. The van der Waals surface area contributed by atoms with Gasteiger partial charge in [0, 0.05) is 17.9 Å². The number of hydrogen-bond donors (Lipinski definition) is 1. The lowest BCUT2D eigenvalue weighted by molar-refractivity contribution is -0.115. The fourth-order valence-corrected chi connectivity index (χ4v) is 2.52. The van der Waals surface area contributed by atoms with Gasteiger partial charge in [0.2, 0.25) is 5.91 Å². The molecule has 1 N–H and O–H groups in total. The van der Waals surface area contributed by atoms with Crippen molar-refractivity contribution in [3.63, 3.8) is 0 Å². The van der Waals surface area contributed by atoms with Gasteiger partial charge in [0.25, 0.3) is 0 Å². The minimum absolute atomic E-state index is 0.0106. The van der Waals surface area contributed by atoms with Crippen LogP contribution in [0.3, 0.4) is 0 Å². The fraction of sp³-hybridized carbons (Fsp3) is 0.429. The summed E-state index contributed by atoms with van der Waals surface area (Å²) in [6.45, 7) is 0.668. The lowest BCUT2D eigenvalue weighted by Crippen LogP contribution is -2.28. The van der Waals surface area contributed by atoms with Crippen LogP contribution in [0.2, 0.25) is 0 Å². The zero-order valence-electron chi connectivity index (χ0n) is 10.1. The first-order chi connectivity index (χ1) is 8.74. The van der Waals surface area contributed by atoms with Crippen LogP contribution in [0.1, 0.15) is 35.2 Å². The van der Waals surface area contributed by atoms with Gasteiger partial charge in [-0.3, -0.25) is 9.59 Å². The van der Waals surface area contributed by atoms with Crippen LogP contribution in [-0.4, -0.2) is 24.4 Å². The van der Waals surface area contributed by atoms with Crippen molar-refractivity contribution in [2.45, 2.75) is 31.8 Å². The summed E-state index contributed by atoms with van der Waals surface area (Å²) in [5.41, 5.74) is 2.37. The van der Waals surface area contributed by atoms with E-state index in [2.05, 4.69) is 5.32 Å². The van der Waals surface area contributed by atoms with E-state index in [-0.39, 0.29) is 17.8 Å². The molecular weight excluding hydrogens is 230 g/mol. The zero-order valence-corrected chi connectivity index (χ0v) is 10.1. The van der Waals surface area contributed by atoms with Gasteiger partial charge in [0.1, 0.15) is 6.10 Å². The molecule has 18 heavy (non-hydrogen) atoms. The van der Waals surface area contributed by atoms with Crippen molar-refractivity contribution in [1.82, 2.24) is 0 Å². The highest BCUT2D eigenvalue weighted by molar-refractivity contribution is 6.03. The van der Waals surface area contributed by atoms with Crippen LogP contribution in [0.4, 0.5) is 5.69 Å². The molecule has 1 unspecified atom stereocenters. The second-order valence-electron chi connectivity index (χ2n) is 4.82. The lowest BCUT2D eigenvalue weighted by Gasteiger charge is -2.21. The quantitative estimate of drug-likeness (QED) is 0.810. The highest BCUT2D eigenvalue weighted by Gasteiger charge is 2.25. The topological polar surface area (TPSA) is 55.4 Å². The van der Waals surface area contributed by atoms with Crippen LogP contribution >= 0.6 is 0 Å². The standard InChI is InChI=1S/C14H15NO3/c16-13-8-10-7-9(4-5-11(10)15-13)14(17)12-3-1-2-6-18-12/h4-5,7,12H,1-3,6,8H2,(H,15,16). The number of carbonyl (C=O) groups is 2. The van der Waals surface area contributed by atoms with Crippen LogP contribution in [-0.2, 0) is 16.0 Å². The van der Waals surface area contributed by atoms with Crippen molar-refractivity contribution in [1.29, 1.82) is 0 Å². The highest BCUT2D eigenvalue weighted by atomic mass is 16.5. The molecular formula is C14H15NO3. The van der Waals surface area contributed by atoms with Crippen LogP contribution < -0.4 is 5.32 Å². The number of anilines is 1. The third-order valence-corrected chi connectivity index (χ3v) is 3.49. The first-order valence-corrected chi connectivity index (χ1v) is 6.32. The molecule has 0 spiro atoms. The summed E-state index contributed by atoms with van der Waals surface area (Å²) in [4.78, 5) is 23.5. The van der Waals surface area contributed by atoms with Crippen molar-refractivity contribution in [2.24, 2.45) is 0 Å². The molecule has 4 heteroatoms. The molecule has 2 aliphatic heterocycles. The van der Waals surface area contributed by atoms with Gasteiger partial charge in [0.15, 0.2) is 5.78 Å². The third-order valence-electron chi connectivity index (χ3n) is 3.49. The van der Waals surface area contributed by atoms with E-state index in [4.69, 9.17) is 4.74 Å².